The number of likely N-dealkylation sites (tertiary alicyclic amines) is 1. The molecule has 0 radical (unpaired) electrons. The molecule has 19 heavy (non-hydrogen) atoms. The second kappa shape index (κ2) is 6.06. The average Bonchev–Trinajstić information content (AvgIpc) is 2.94. The van der Waals surface area contributed by atoms with Crippen LogP contribution in [0.5, 0.6) is 0 Å². The van der Waals surface area contributed by atoms with Crippen molar-refractivity contribution < 1.29 is 5.11 Å². The van der Waals surface area contributed by atoms with Crippen LogP contribution in [-0.4, -0.2) is 34.7 Å². The molecular formula is C17H27NO. The van der Waals surface area contributed by atoms with Crippen LogP contribution in [-0.2, 0) is 12.8 Å². The third-order valence-electron chi connectivity index (χ3n) is 4.60. The monoisotopic (exact) mass is 261 g/mol. The molecule has 1 heterocycles. The molecule has 1 fully saturated rings. The van der Waals surface area contributed by atoms with Crippen molar-refractivity contribution in [3.8, 4) is 0 Å². The first-order valence-electron chi connectivity index (χ1n) is 7.55. The molecule has 2 rings (SSSR count). The number of aliphatic hydroxyl groups is 1. The predicted octanol–water partition coefficient (Wildman–Crippen LogP) is 3.03. The largest absolute Gasteiger partial charge is 0.391 e. The zero-order valence-electron chi connectivity index (χ0n) is 12.5. The molecule has 106 valence electrons. The summed E-state index contributed by atoms with van der Waals surface area (Å²) < 4.78 is 0. The fourth-order valence-electron chi connectivity index (χ4n) is 2.89. The topological polar surface area (TPSA) is 23.5 Å². The second-order valence-electron chi connectivity index (χ2n) is 6.24. The summed E-state index contributed by atoms with van der Waals surface area (Å²) >= 11 is 0. The number of nitrogens with zero attached hydrogens (tertiary/aromatic N) is 1. The second-order valence-corrected chi connectivity index (χ2v) is 6.24. The van der Waals surface area contributed by atoms with E-state index in [0.717, 1.165) is 25.9 Å². The Morgan fingerprint density at radius 2 is 1.63 bits per heavy atom. The lowest BCUT2D eigenvalue weighted by molar-refractivity contribution is 0.00337. The molecule has 0 spiro atoms. The van der Waals surface area contributed by atoms with Gasteiger partial charge in [0.1, 0.15) is 0 Å². The number of aryl methyl sites for hydroxylation is 1. The number of benzene rings is 1. The Bertz CT molecular complexity index is 390. The summed E-state index contributed by atoms with van der Waals surface area (Å²) in [5.74, 6) is 0. The molecule has 1 aliphatic rings. The highest BCUT2D eigenvalue weighted by molar-refractivity contribution is 5.23. The van der Waals surface area contributed by atoms with Crippen molar-refractivity contribution in [3.05, 3.63) is 35.4 Å². The van der Waals surface area contributed by atoms with Gasteiger partial charge in [-0.3, -0.25) is 4.90 Å². The van der Waals surface area contributed by atoms with Crippen molar-refractivity contribution in [2.45, 2.75) is 58.1 Å². The van der Waals surface area contributed by atoms with Crippen molar-refractivity contribution >= 4 is 0 Å². The van der Waals surface area contributed by atoms with Crippen LogP contribution >= 0.6 is 0 Å². The normalized spacial score (nSPS) is 18.7. The van der Waals surface area contributed by atoms with Crippen LogP contribution < -0.4 is 0 Å². The third kappa shape index (κ3) is 3.37. The van der Waals surface area contributed by atoms with Crippen molar-refractivity contribution in [2.75, 3.05) is 13.1 Å². The molecule has 1 saturated heterocycles. The summed E-state index contributed by atoms with van der Waals surface area (Å²) in [6.07, 6.45) is 4.04. The van der Waals surface area contributed by atoms with Gasteiger partial charge in [0, 0.05) is 12.0 Å². The highest BCUT2D eigenvalue weighted by Crippen LogP contribution is 2.26. The number of hydrogen-bond acceptors (Lipinski definition) is 2. The zero-order chi connectivity index (χ0) is 13.9. The van der Waals surface area contributed by atoms with E-state index < -0.39 is 0 Å². The van der Waals surface area contributed by atoms with Crippen LogP contribution in [0.15, 0.2) is 24.3 Å². The first-order valence-corrected chi connectivity index (χ1v) is 7.55. The van der Waals surface area contributed by atoms with Crippen LogP contribution in [0.4, 0.5) is 0 Å². The SMILES string of the molecule is CCc1ccc(CC(O)C(C)(C)N2CCCC2)cc1. The van der Waals surface area contributed by atoms with Gasteiger partial charge in [0.05, 0.1) is 6.10 Å². The highest BCUT2D eigenvalue weighted by atomic mass is 16.3. The molecule has 1 aromatic carbocycles. The van der Waals surface area contributed by atoms with Crippen LogP contribution in [0.1, 0.15) is 44.7 Å². The van der Waals surface area contributed by atoms with E-state index in [9.17, 15) is 5.11 Å². The molecule has 1 aromatic rings. The summed E-state index contributed by atoms with van der Waals surface area (Å²) in [7, 11) is 0. The molecule has 2 heteroatoms. The van der Waals surface area contributed by atoms with Gasteiger partial charge in [-0.1, -0.05) is 31.2 Å². The minimum atomic E-state index is -0.307. The van der Waals surface area contributed by atoms with Crippen LogP contribution in [0.2, 0.25) is 0 Å². The van der Waals surface area contributed by atoms with E-state index in [1.54, 1.807) is 0 Å². The molecule has 1 aliphatic heterocycles. The smallest absolute Gasteiger partial charge is 0.0758 e. The minimum Gasteiger partial charge on any atom is -0.391 e. The van der Waals surface area contributed by atoms with Gasteiger partial charge in [-0.2, -0.15) is 0 Å². The van der Waals surface area contributed by atoms with Crippen LogP contribution in [0.25, 0.3) is 0 Å². The highest BCUT2D eigenvalue weighted by Gasteiger charge is 2.35. The first-order chi connectivity index (χ1) is 9.04. The van der Waals surface area contributed by atoms with Crippen molar-refractivity contribution in [2.24, 2.45) is 0 Å². The van der Waals surface area contributed by atoms with E-state index in [0.29, 0.717) is 0 Å². The summed E-state index contributed by atoms with van der Waals surface area (Å²) in [6, 6.07) is 8.65. The Hall–Kier alpha value is -0.860. The molecule has 1 unspecified atom stereocenters. The zero-order valence-corrected chi connectivity index (χ0v) is 12.5. The molecule has 1 atom stereocenters. The summed E-state index contributed by atoms with van der Waals surface area (Å²) in [6.45, 7) is 8.75. The Kier molecular flexibility index (Phi) is 4.64. The third-order valence-corrected chi connectivity index (χ3v) is 4.60. The Morgan fingerprint density at radius 1 is 1.11 bits per heavy atom. The van der Waals surface area contributed by atoms with E-state index >= 15 is 0 Å². The maximum absolute atomic E-state index is 10.6. The molecule has 0 aromatic heterocycles. The van der Waals surface area contributed by atoms with Crippen molar-refractivity contribution in [1.82, 2.24) is 4.90 Å². The maximum atomic E-state index is 10.6. The molecule has 0 aliphatic carbocycles. The standard InChI is InChI=1S/C17H27NO/c1-4-14-7-9-15(10-8-14)13-16(19)17(2,3)18-11-5-6-12-18/h7-10,16,19H,4-6,11-13H2,1-3H3. The molecule has 1 N–H and O–H groups in total. The lowest BCUT2D eigenvalue weighted by atomic mass is 9.90. The minimum absolute atomic E-state index is 0.125. The van der Waals surface area contributed by atoms with E-state index in [4.69, 9.17) is 0 Å². The fourth-order valence-corrected chi connectivity index (χ4v) is 2.89. The summed E-state index contributed by atoms with van der Waals surface area (Å²) in [4.78, 5) is 2.43. The summed E-state index contributed by atoms with van der Waals surface area (Å²) in [5.41, 5.74) is 2.47. The Morgan fingerprint density at radius 3 is 2.16 bits per heavy atom. The summed E-state index contributed by atoms with van der Waals surface area (Å²) in [5, 5.41) is 10.6. The fraction of sp³-hybridized carbons (Fsp3) is 0.647. The van der Waals surface area contributed by atoms with Gasteiger partial charge in [0.25, 0.3) is 0 Å². The van der Waals surface area contributed by atoms with Gasteiger partial charge in [0.15, 0.2) is 0 Å². The quantitative estimate of drug-likeness (QED) is 0.880. The van der Waals surface area contributed by atoms with Gasteiger partial charge in [-0.15, -0.1) is 0 Å². The number of hydrogen-bond donors (Lipinski definition) is 1. The molecular weight excluding hydrogens is 234 g/mol. The van der Waals surface area contributed by atoms with Gasteiger partial charge < -0.3 is 5.11 Å². The number of rotatable bonds is 5. The van der Waals surface area contributed by atoms with Gasteiger partial charge in [-0.25, -0.2) is 0 Å². The van der Waals surface area contributed by atoms with E-state index in [1.807, 2.05) is 0 Å². The lowest BCUT2D eigenvalue weighted by Gasteiger charge is -2.39. The predicted molar refractivity (Wildman–Crippen MR) is 80.4 cm³/mol. The van der Waals surface area contributed by atoms with E-state index in [2.05, 4.69) is 49.9 Å². The molecule has 0 bridgehead atoms. The van der Waals surface area contributed by atoms with Crippen LogP contribution in [0, 0.1) is 0 Å². The van der Waals surface area contributed by atoms with Gasteiger partial charge in [0.2, 0.25) is 0 Å². The van der Waals surface area contributed by atoms with Gasteiger partial charge in [-0.05, 0) is 57.3 Å². The van der Waals surface area contributed by atoms with E-state index in [-0.39, 0.29) is 11.6 Å². The van der Waals surface area contributed by atoms with Crippen molar-refractivity contribution in [3.63, 3.8) is 0 Å². The molecule has 0 saturated carbocycles. The van der Waals surface area contributed by atoms with Crippen molar-refractivity contribution in [1.29, 1.82) is 0 Å². The van der Waals surface area contributed by atoms with E-state index in [1.165, 1.54) is 24.0 Å². The maximum Gasteiger partial charge on any atom is 0.0758 e. The van der Waals surface area contributed by atoms with Crippen LogP contribution in [0.3, 0.4) is 0 Å². The lowest BCUT2D eigenvalue weighted by Crippen LogP contribution is -2.51. The molecule has 0 amide bonds. The Balaban J connectivity index is 2.00. The number of aliphatic hydroxyl groups excluding tert-OH is 1. The first kappa shape index (κ1) is 14.5. The van der Waals surface area contributed by atoms with Gasteiger partial charge >= 0.3 is 0 Å². The molecule has 2 nitrogen and oxygen atoms in total. The Labute approximate surface area is 117 Å². The average molecular weight is 261 g/mol.